The minimum absolute atomic E-state index is 0.0762. The van der Waals surface area contributed by atoms with Gasteiger partial charge in [0, 0.05) is 53.8 Å². The van der Waals surface area contributed by atoms with Gasteiger partial charge in [0.05, 0.1) is 31.8 Å². The number of carbonyl (C=O) groups excluding carboxylic acids is 3. The molecule has 13 rings (SSSR count). The SMILES string of the molecule is Cc1cc(OCCCc2c(C(=O)NS(=O)(=O)CCOc3ccccc3)[nH]c3ccccc23)cc(C)c1Cl.Cc1cc(OCCCc2c(C(=O)NS(=O)(=O)CCc3ccccc3)[nH]c3ccccc23)cc(C)c1Cl.Cc1cc(OCCCc2c(C(=O)NS(=O)(=O)c3ccc(OCc4ccccc4)nc3)[nH]c3ccccc23)cc(C)c1Cl. The number of nitrogens with one attached hydrogen (secondary N) is 6. The molecule has 0 unspecified atom stereocenters. The maximum atomic E-state index is 13.3. The number of aryl methyl sites for hydroxylation is 10. The summed E-state index contributed by atoms with van der Waals surface area (Å²) in [6, 6.07) is 64.5. The molecule has 4 aromatic heterocycles. The van der Waals surface area contributed by atoms with Crippen molar-refractivity contribution in [1.29, 1.82) is 0 Å². The number of hydrogen-bond acceptors (Lipinski definition) is 15. The van der Waals surface area contributed by atoms with Gasteiger partial charge in [0.15, 0.2) is 0 Å². The molecule has 0 bridgehead atoms. The number of rotatable bonds is 32. The zero-order valence-corrected chi connectivity index (χ0v) is 68.9. The van der Waals surface area contributed by atoms with E-state index in [4.69, 9.17) is 58.5 Å². The Bertz CT molecular complexity index is 5880. The molecule has 0 spiro atoms. The number of nitrogens with zero attached hydrogens (tertiary/aromatic N) is 1. The van der Waals surface area contributed by atoms with Gasteiger partial charge < -0.3 is 38.6 Å². The zero-order valence-electron chi connectivity index (χ0n) is 64.2. The molecule has 0 saturated carbocycles. The molecule has 21 nitrogen and oxygen atoms in total. The van der Waals surface area contributed by atoms with Crippen LogP contribution in [-0.4, -0.2) is 101 Å². The Morgan fingerprint density at radius 2 is 0.704 bits per heavy atom. The van der Waals surface area contributed by atoms with Crippen LogP contribution in [0.3, 0.4) is 0 Å². The van der Waals surface area contributed by atoms with Crippen molar-refractivity contribution in [2.24, 2.45) is 0 Å². The van der Waals surface area contributed by atoms with Crippen LogP contribution in [0.25, 0.3) is 32.7 Å². The lowest BCUT2D eigenvalue weighted by Gasteiger charge is -2.11. The molecular weight excluding hydrogens is 1580 g/mol. The van der Waals surface area contributed by atoms with Gasteiger partial charge in [-0.3, -0.25) is 14.4 Å². The molecular formula is C88H88Cl3N7O14S3. The van der Waals surface area contributed by atoms with Crippen LogP contribution in [0.2, 0.25) is 15.1 Å². The topological polar surface area (TPSA) is 296 Å². The van der Waals surface area contributed by atoms with Crippen LogP contribution >= 0.6 is 34.8 Å². The van der Waals surface area contributed by atoms with Crippen LogP contribution < -0.4 is 37.9 Å². The van der Waals surface area contributed by atoms with E-state index in [1.807, 2.05) is 217 Å². The number of hydrogen-bond donors (Lipinski definition) is 6. The first kappa shape index (κ1) is 84.8. The summed E-state index contributed by atoms with van der Waals surface area (Å²) in [6.07, 6.45) is 4.92. The second-order valence-corrected chi connectivity index (χ2v) is 34.0. The fourth-order valence-corrected chi connectivity index (χ4v) is 16.0. The lowest BCUT2D eigenvalue weighted by atomic mass is 10.1. The minimum Gasteiger partial charge on any atom is -0.494 e. The van der Waals surface area contributed by atoms with Gasteiger partial charge in [0.2, 0.25) is 25.9 Å². The van der Waals surface area contributed by atoms with Gasteiger partial charge in [-0.15, -0.1) is 0 Å². The lowest BCUT2D eigenvalue weighted by molar-refractivity contribution is 0.0967. The first-order valence-corrected chi connectivity index (χ1v) is 43.1. The number of para-hydroxylation sites is 4. The second kappa shape index (κ2) is 39.3. The van der Waals surface area contributed by atoms with Crippen molar-refractivity contribution in [3.05, 3.63) is 312 Å². The molecule has 3 amide bonds. The molecule has 0 aliphatic carbocycles. The van der Waals surface area contributed by atoms with Crippen molar-refractivity contribution in [1.82, 2.24) is 34.1 Å². The smallest absolute Gasteiger partial charge is 0.281 e. The van der Waals surface area contributed by atoms with E-state index in [0.29, 0.717) is 82.7 Å². The third kappa shape index (κ3) is 23.3. The number of fused-ring (bicyclic) bond motifs is 3. The Morgan fingerprint density at radius 1 is 0.365 bits per heavy atom. The van der Waals surface area contributed by atoms with Crippen LogP contribution in [0.5, 0.6) is 28.9 Å². The second-order valence-electron chi connectivity index (χ2n) is 27.5. The summed E-state index contributed by atoms with van der Waals surface area (Å²) in [6.45, 7) is 13.1. The van der Waals surface area contributed by atoms with Crippen LogP contribution in [0.1, 0.15) is 112 Å². The zero-order chi connectivity index (χ0) is 81.8. The molecule has 0 radical (unpaired) electrons. The van der Waals surface area contributed by atoms with Gasteiger partial charge in [-0.1, -0.05) is 168 Å². The number of sulfonamides is 3. The first-order chi connectivity index (χ1) is 55.2. The highest BCUT2D eigenvalue weighted by Gasteiger charge is 2.27. The molecule has 598 valence electrons. The summed E-state index contributed by atoms with van der Waals surface area (Å²) in [5, 5.41) is 4.78. The molecule has 0 fully saturated rings. The highest BCUT2D eigenvalue weighted by molar-refractivity contribution is 7.90. The van der Waals surface area contributed by atoms with Crippen molar-refractivity contribution in [2.75, 3.05) is 37.9 Å². The highest BCUT2D eigenvalue weighted by atomic mass is 35.5. The average Bonchev–Trinajstić information content (AvgIpc) is 1.65. The fraction of sp³-hybridized carbons (Fsp3) is 0.227. The first-order valence-electron chi connectivity index (χ1n) is 37.2. The maximum Gasteiger partial charge on any atom is 0.281 e. The number of carbonyl (C=O) groups is 3. The van der Waals surface area contributed by atoms with Crippen molar-refractivity contribution < 1.29 is 63.3 Å². The van der Waals surface area contributed by atoms with E-state index < -0.39 is 47.8 Å². The van der Waals surface area contributed by atoms with Gasteiger partial charge >= 0.3 is 0 Å². The normalized spacial score (nSPS) is 11.5. The summed E-state index contributed by atoms with van der Waals surface area (Å²) in [4.78, 5) is 52.6. The maximum absolute atomic E-state index is 13.3. The number of halogens is 3. The number of aromatic amines is 3. The number of H-pyrrole nitrogens is 3. The van der Waals surface area contributed by atoms with Crippen LogP contribution in [0.15, 0.2) is 223 Å². The summed E-state index contributed by atoms with van der Waals surface area (Å²) in [7, 11) is -11.9. The molecule has 0 atom stereocenters. The summed E-state index contributed by atoms with van der Waals surface area (Å²) < 4.78 is 112. The quantitative estimate of drug-likeness (QED) is 0.0214. The van der Waals surface area contributed by atoms with Crippen molar-refractivity contribution in [2.45, 2.75) is 98.0 Å². The standard InChI is InChI=1S/C32H30ClN3O5S.C28H29ClN2O5S.C28H29ClN2O4S/c1-21-17-24(18-22(2)30(21)33)40-16-8-12-27-26-11-6-7-13-28(26)35-31(27)32(37)36-42(38,39)25-14-15-29(34-19-25)41-20-23-9-4-3-5-10-23;1-19-17-22(18-20(2)26(19)29)35-14-8-12-24-23-11-6-7-13-25(23)30-27(24)28(32)31-37(33,34)16-15-36-21-9-4-3-5-10-21;1-19-17-22(18-20(2)26(19)29)35-15-8-12-24-23-11-6-7-13-25(23)30-27(24)28(32)31-36(33,34)16-14-21-9-4-3-5-10-21/h3-7,9-11,13-15,17-19,35H,8,12,16,20H2,1-2H3,(H,36,37);3-7,9-11,13,17-18,30H,8,12,14-16H2,1-2H3,(H,31,32);3-7,9-11,13,17-18,30H,8,12,14-16H2,1-2H3,(H,31,32). The third-order valence-corrected chi connectivity index (χ3v) is 24.3. The fourth-order valence-electron chi connectivity index (χ4n) is 13.0. The average molecular weight is 1670 g/mol. The number of pyridine rings is 1. The Morgan fingerprint density at radius 3 is 1.09 bits per heavy atom. The molecule has 13 aromatic rings. The monoisotopic (exact) mass is 1670 g/mol. The Balaban J connectivity index is 0.000000170. The molecule has 27 heteroatoms. The minimum atomic E-state index is -4.19. The molecule has 0 saturated heterocycles. The Hall–Kier alpha value is -11.1. The highest BCUT2D eigenvalue weighted by Crippen LogP contribution is 2.32. The third-order valence-electron chi connectivity index (χ3n) is 18.7. The van der Waals surface area contributed by atoms with Gasteiger partial charge in [-0.05, 0) is 220 Å². The van der Waals surface area contributed by atoms with Gasteiger partial charge in [-0.25, -0.2) is 44.4 Å². The van der Waals surface area contributed by atoms with E-state index in [1.165, 1.54) is 18.3 Å². The number of benzene rings is 9. The molecule has 0 aliphatic heterocycles. The molecule has 9 aromatic carbocycles. The van der Waals surface area contributed by atoms with Crippen LogP contribution in [-0.2, 0) is 62.4 Å². The molecule has 0 aliphatic rings. The lowest BCUT2D eigenvalue weighted by Crippen LogP contribution is -2.35. The van der Waals surface area contributed by atoms with E-state index in [0.717, 1.165) is 121 Å². The molecule has 4 heterocycles. The van der Waals surface area contributed by atoms with E-state index in [1.54, 1.807) is 24.3 Å². The van der Waals surface area contributed by atoms with Crippen LogP contribution in [0, 0.1) is 41.5 Å². The summed E-state index contributed by atoms with van der Waals surface area (Å²) >= 11 is 18.7. The van der Waals surface area contributed by atoms with Crippen LogP contribution in [0.4, 0.5) is 0 Å². The number of aromatic nitrogens is 4. The van der Waals surface area contributed by atoms with Crippen molar-refractivity contribution in [3.8, 4) is 28.9 Å². The summed E-state index contributed by atoms with van der Waals surface area (Å²) in [5.74, 6) is 0.410. The van der Waals surface area contributed by atoms with Gasteiger partial charge in [-0.2, -0.15) is 0 Å². The Kier molecular flexibility index (Phi) is 29.0. The largest absolute Gasteiger partial charge is 0.494 e. The number of ether oxygens (including phenoxy) is 5. The predicted octanol–water partition coefficient (Wildman–Crippen LogP) is 17.9. The van der Waals surface area contributed by atoms with Gasteiger partial charge in [0.1, 0.15) is 63.9 Å². The number of amides is 3. The predicted molar refractivity (Wildman–Crippen MR) is 453 cm³/mol. The summed E-state index contributed by atoms with van der Waals surface area (Å²) in [5.41, 5.74) is 12.7. The van der Waals surface area contributed by atoms with Crippen molar-refractivity contribution >= 4 is 115 Å². The van der Waals surface area contributed by atoms with E-state index in [2.05, 4.69) is 34.1 Å². The van der Waals surface area contributed by atoms with E-state index >= 15 is 0 Å². The molecule has 6 N–H and O–H groups in total. The van der Waals surface area contributed by atoms with E-state index in [9.17, 15) is 39.6 Å². The molecule has 115 heavy (non-hydrogen) atoms. The van der Waals surface area contributed by atoms with Gasteiger partial charge in [0.25, 0.3) is 27.7 Å². The van der Waals surface area contributed by atoms with Crippen molar-refractivity contribution in [3.63, 3.8) is 0 Å². The Labute approximate surface area is 684 Å². The van der Waals surface area contributed by atoms with E-state index in [-0.39, 0.29) is 46.0 Å².